The van der Waals surface area contributed by atoms with E-state index in [4.69, 9.17) is 5.73 Å². The first kappa shape index (κ1) is 14.6. The Morgan fingerprint density at radius 1 is 1.37 bits per heavy atom. The van der Waals surface area contributed by atoms with Gasteiger partial charge in [0.15, 0.2) is 0 Å². The lowest BCUT2D eigenvalue weighted by Crippen LogP contribution is -2.26. The number of nitrogens with two attached hydrogens (primary N) is 1. The smallest absolute Gasteiger partial charge is 0.143 e. The first-order valence-corrected chi connectivity index (χ1v) is 7.43. The standard InChI is InChI=1S/C13H13BrF2N2S/c1-7-18-9(6-19-7)4-8(17)5-10-12(15)3-2-11(14)13(10)16/h2-3,6,8H,4-5,17H2,1H3. The number of aromatic nitrogens is 1. The fourth-order valence-corrected chi connectivity index (χ4v) is 2.86. The predicted molar refractivity (Wildman–Crippen MR) is 76.3 cm³/mol. The van der Waals surface area contributed by atoms with Gasteiger partial charge >= 0.3 is 0 Å². The molecule has 6 heteroatoms. The third-order valence-electron chi connectivity index (χ3n) is 2.74. The molecule has 1 heterocycles. The number of hydrogen-bond donors (Lipinski definition) is 1. The zero-order valence-electron chi connectivity index (χ0n) is 10.3. The molecule has 1 atom stereocenters. The van der Waals surface area contributed by atoms with Crippen LogP contribution < -0.4 is 5.73 Å². The van der Waals surface area contributed by atoms with Gasteiger partial charge in [0.1, 0.15) is 11.6 Å². The molecule has 0 aliphatic carbocycles. The Kier molecular flexibility index (Phi) is 4.65. The number of hydrogen-bond acceptors (Lipinski definition) is 3. The molecule has 19 heavy (non-hydrogen) atoms. The van der Waals surface area contributed by atoms with E-state index < -0.39 is 11.6 Å². The van der Waals surface area contributed by atoms with Gasteiger partial charge in [-0.2, -0.15) is 0 Å². The second-order valence-corrected chi connectivity index (χ2v) is 6.26. The van der Waals surface area contributed by atoms with Crippen LogP contribution in [0, 0.1) is 18.6 Å². The minimum Gasteiger partial charge on any atom is -0.327 e. The van der Waals surface area contributed by atoms with Crippen LogP contribution in [0.2, 0.25) is 0 Å². The Bertz CT molecular complexity index is 586. The third-order valence-corrected chi connectivity index (χ3v) is 4.18. The molecule has 2 aromatic rings. The monoisotopic (exact) mass is 346 g/mol. The average molecular weight is 347 g/mol. The van der Waals surface area contributed by atoms with Crippen molar-refractivity contribution in [1.29, 1.82) is 0 Å². The number of thiazole rings is 1. The molecule has 1 unspecified atom stereocenters. The summed E-state index contributed by atoms with van der Waals surface area (Å²) in [4.78, 5) is 4.30. The SMILES string of the molecule is Cc1nc(CC(N)Cc2c(F)ccc(Br)c2F)cs1. The lowest BCUT2D eigenvalue weighted by molar-refractivity contribution is 0.529. The summed E-state index contributed by atoms with van der Waals surface area (Å²) in [6, 6.07) is 2.23. The Balaban J connectivity index is 2.11. The second kappa shape index (κ2) is 6.07. The highest BCUT2D eigenvalue weighted by molar-refractivity contribution is 9.10. The third kappa shape index (κ3) is 3.58. The van der Waals surface area contributed by atoms with E-state index in [0.717, 1.165) is 10.7 Å². The molecule has 1 aromatic heterocycles. The number of nitrogens with zero attached hydrogens (tertiary/aromatic N) is 1. The van der Waals surface area contributed by atoms with Crippen LogP contribution in [0.3, 0.4) is 0 Å². The minimum absolute atomic E-state index is 0.0221. The normalized spacial score (nSPS) is 12.7. The molecule has 0 saturated carbocycles. The Morgan fingerprint density at radius 2 is 2.11 bits per heavy atom. The summed E-state index contributed by atoms with van der Waals surface area (Å²) in [5, 5.41) is 2.88. The first-order chi connectivity index (χ1) is 8.97. The fraction of sp³-hybridized carbons (Fsp3) is 0.308. The van der Waals surface area contributed by atoms with Crippen molar-refractivity contribution in [2.24, 2.45) is 5.73 Å². The highest BCUT2D eigenvalue weighted by atomic mass is 79.9. The molecule has 2 nitrogen and oxygen atoms in total. The van der Waals surface area contributed by atoms with Crippen molar-refractivity contribution >= 4 is 27.3 Å². The quantitative estimate of drug-likeness (QED) is 0.859. The molecule has 1 aromatic carbocycles. The summed E-state index contributed by atoms with van der Waals surface area (Å²) in [6.07, 6.45) is 0.656. The van der Waals surface area contributed by atoms with E-state index in [2.05, 4.69) is 20.9 Å². The van der Waals surface area contributed by atoms with Crippen molar-refractivity contribution in [3.63, 3.8) is 0 Å². The molecule has 2 N–H and O–H groups in total. The maximum absolute atomic E-state index is 13.8. The van der Waals surface area contributed by atoms with Gasteiger partial charge in [0, 0.05) is 23.4 Å². The van der Waals surface area contributed by atoms with Gasteiger partial charge in [-0.05, 0) is 41.4 Å². The van der Waals surface area contributed by atoms with E-state index in [1.54, 1.807) is 0 Å². The van der Waals surface area contributed by atoms with Gasteiger partial charge < -0.3 is 5.73 Å². The van der Waals surface area contributed by atoms with Gasteiger partial charge in [-0.3, -0.25) is 0 Å². The molecule has 0 aliphatic heterocycles. The van der Waals surface area contributed by atoms with Gasteiger partial charge in [0.05, 0.1) is 15.2 Å². The van der Waals surface area contributed by atoms with E-state index in [0.29, 0.717) is 6.42 Å². The summed E-state index contributed by atoms with van der Waals surface area (Å²) in [7, 11) is 0. The Labute approximate surface area is 122 Å². The van der Waals surface area contributed by atoms with Crippen LogP contribution in [0.5, 0.6) is 0 Å². The van der Waals surface area contributed by atoms with Crippen LogP contribution in [0.1, 0.15) is 16.3 Å². The highest BCUT2D eigenvalue weighted by Crippen LogP contribution is 2.23. The average Bonchev–Trinajstić information content (AvgIpc) is 2.75. The number of aryl methyl sites for hydroxylation is 1. The molecule has 0 radical (unpaired) electrons. The van der Waals surface area contributed by atoms with Crippen molar-refractivity contribution in [2.75, 3.05) is 0 Å². The maximum atomic E-state index is 13.8. The zero-order chi connectivity index (χ0) is 14.0. The highest BCUT2D eigenvalue weighted by Gasteiger charge is 2.16. The molecule has 0 amide bonds. The van der Waals surface area contributed by atoms with Gasteiger partial charge in [-0.25, -0.2) is 13.8 Å². The van der Waals surface area contributed by atoms with E-state index >= 15 is 0 Å². The summed E-state index contributed by atoms with van der Waals surface area (Å²) >= 11 is 4.59. The first-order valence-electron chi connectivity index (χ1n) is 5.76. The lowest BCUT2D eigenvalue weighted by atomic mass is 10.0. The van der Waals surface area contributed by atoms with Crippen LogP contribution in [0.25, 0.3) is 0 Å². The lowest BCUT2D eigenvalue weighted by Gasteiger charge is -2.12. The van der Waals surface area contributed by atoms with E-state index in [1.807, 2.05) is 12.3 Å². The van der Waals surface area contributed by atoms with Gasteiger partial charge in [-0.1, -0.05) is 0 Å². The van der Waals surface area contributed by atoms with Gasteiger partial charge in [0.25, 0.3) is 0 Å². The second-order valence-electron chi connectivity index (χ2n) is 4.35. The molecule has 0 fully saturated rings. The summed E-state index contributed by atoms with van der Waals surface area (Å²) < 4.78 is 27.7. The summed E-state index contributed by atoms with van der Waals surface area (Å²) in [5.41, 5.74) is 6.84. The fourth-order valence-electron chi connectivity index (χ4n) is 1.86. The molecule has 0 saturated heterocycles. The molecular formula is C13H13BrF2N2S. The minimum atomic E-state index is -0.579. The van der Waals surface area contributed by atoms with Gasteiger partial charge in [0.2, 0.25) is 0 Å². The molecule has 2 rings (SSSR count). The van der Waals surface area contributed by atoms with E-state index in [-0.39, 0.29) is 22.5 Å². The molecule has 0 spiro atoms. The van der Waals surface area contributed by atoms with E-state index in [9.17, 15) is 8.78 Å². The predicted octanol–water partition coefficient (Wildman–Crippen LogP) is 3.60. The Hall–Kier alpha value is -0.850. The van der Waals surface area contributed by atoms with Crippen molar-refractivity contribution in [1.82, 2.24) is 4.98 Å². The van der Waals surface area contributed by atoms with E-state index in [1.165, 1.54) is 23.5 Å². The largest absolute Gasteiger partial charge is 0.327 e. The van der Waals surface area contributed by atoms with Gasteiger partial charge in [-0.15, -0.1) is 11.3 Å². The summed E-state index contributed by atoms with van der Waals surface area (Å²) in [5.74, 6) is -1.14. The number of benzene rings is 1. The number of rotatable bonds is 4. The van der Waals surface area contributed by atoms with Crippen LogP contribution in [0.4, 0.5) is 8.78 Å². The van der Waals surface area contributed by atoms with Crippen LogP contribution in [-0.2, 0) is 12.8 Å². The molecular weight excluding hydrogens is 334 g/mol. The maximum Gasteiger partial charge on any atom is 0.143 e. The van der Waals surface area contributed by atoms with Crippen LogP contribution in [0.15, 0.2) is 22.0 Å². The van der Waals surface area contributed by atoms with Crippen molar-refractivity contribution in [3.05, 3.63) is 49.9 Å². The van der Waals surface area contributed by atoms with Crippen molar-refractivity contribution in [3.8, 4) is 0 Å². The van der Waals surface area contributed by atoms with Crippen LogP contribution in [-0.4, -0.2) is 11.0 Å². The molecule has 102 valence electrons. The number of halogens is 3. The summed E-state index contributed by atoms with van der Waals surface area (Å²) in [6.45, 7) is 1.91. The zero-order valence-corrected chi connectivity index (χ0v) is 12.7. The molecule has 0 aliphatic rings. The topological polar surface area (TPSA) is 38.9 Å². The van der Waals surface area contributed by atoms with Crippen molar-refractivity contribution in [2.45, 2.75) is 25.8 Å². The Morgan fingerprint density at radius 3 is 2.74 bits per heavy atom. The molecule has 0 bridgehead atoms. The van der Waals surface area contributed by atoms with Crippen LogP contribution >= 0.6 is 27.3 Å². The van der Waals surface area contributed by atoms with Crippen molar-refractivity contribution < 1.29 is 8.78 Å².